The molecule has 0 spiro atoms. The average molecular weight is 837 g/mol. The Morgan fingerprint density at radius 3 is 1.05 bits per heavy atom. The van der Waals surface area contributed by atoms with Crippen molar-refractivity contribution in [1.29, 1.82) is 0 Å². The van der Waals surface area contributed by atoms with Crippen molar-refractivity contribution in [3.63, 3.8) is 0 Å². The first-order chi connectivity index (χ1) is 30.7. The lowest BCUT2D eigenvalue weighted by Gasteiger charge is -2.48. The zero-order valence-corrected chi connectivity index (χ0v) is 35.1. The smallest absolute Gasteiger partial charge is 0.189 e. The van der Waals surface area contributed by atoms with E-state index in [0.717, 1.165) is 33.4 Å². The van der Waals surface area contributed by atoms with Gasteiger partial charge in [-0.05, 0) is 40.3 Å². The molecule has 0 N–H and O–H groups in total. The number of benzene rings is 6. The van der Waals surface area contributed by atoms with Gasteiger partial charge in [0.2, 0.25) is 0 Å². The van der Waals surface area contributed by atoms with Crippen LogP contribution in [0.25, 0.3) is 0 Å². The quantitative estimate of drug-likeness (QED) is 0.0747. The van der Waals surface area contributed by atoms with Crippen LogP contribution < -0.4 is 0 Å². The molecule has 9 atom stereocenters. The third kappa shape index (κ3) is 12.3. The van der Waals surface area contributed by atoms with E-state index in [-0.39, 0.29) is 13.2 Å². The molecule has 62 heavy (non-hydrogen) atoms. The van der Waals surface area contributed by atoms with Gasteiger partial charge in [0, 0.05) is 0 Å². The summed E-state index contributed by atoms with van der Waals surface area (Å²) in [4.78, 5) is 0. The van der Waals surface area contributed by atoms with E-state index in [1.807, 2.05) is 189 Å². The summed E-state index contributed by atoms with van der Waals surface area (Å²) in [5, 5.41) is 0. The first-order valence-electron chi connectivity index (χ1n) is 21.5. The van der Waals surface area contributed by atoms with Gasteiger partial charge in [-0.2, -0.15) is 0 Å². The molecule has 0 saturated carbocycles. The second-order valence-corrected chi connectivity index (χ2v) is 15.7. The van der Waals surface area contributed by atoms with Crippen molar-refractivity contribution in [3.8, 4) is 0 Å². The number of ether oxygens (including phenoxy) is 9. The Morgan fingerprint density at radius 2 is 0.661 bits per heavy atom. The van der Waals surface area contributed by atoms with Crippen molar-refractivity contribution in [1.82, 2.24) is 0 Å². The summed E-state index contributed by atoms with van der Waals surface area (Å²) in [5.74, 6) is 0. The summed E-state index contributed by atoms with van der Waals surface area (Å²) < 4.78 is 61.2. The van der Waals surface area contributed by atoms with Crippen molar-refractivity contribution in [2.75, 3.05) is 6.61 Å². The van der Waals surface area contributed by atoms with E-state index in [9.17, 15) is 0 Å². The first-order valence-corrected chi connectivity index (χ1v) is 21.5. The molecule has 6 aromatic rings. The van der Waals surface area contributed by atoms with Crippen LogP contribution in [0, 0.1) is 0 Å². The molecular weight excluding hydrogens is 781 g/mol. The van der Waals surface area contributed by atoms with E-state index in [4.69, 9.17) is 42.6 Å². The molecule has 0 amide bonds. The minimum atomic E-state index is -0.949. The maximum Gasteiger partial charge on any atom is 0.189 e. The van der Waals surface area contributed by atoms with Gasteiger partial charge in [-0.3, -0.25) is 0 Å². The highest BCUT2D eigenvalue weighted by atomic mass is 16.8. The minimum absolute atomic E-state index is 0.191. The van der Waals surface area contributed by atoms with Crippen LogP contribution in [0.5, 0.6) is 0 Å². The molecule has 9 nitrogen and oxygen atoms in total. The molecule has 2 aliphatic rings. The second-order valence-electron chi connectivity index (χ2n) is 15.7. The fourth-order valence-electron chi connectivity index (χ4n) is 7.80. The molecule has 0 aromatic heterocycles. The van der Waals surface area contributed by atoms with E-state index in [0.29, 0.717) is 33.0 Å². The molecule has 2 fully saturated rings. The Labute approximate surface area is 365 Å². The summed E-state index contributed by atoms with van der Waals surface area (Å²) in [6, 6.07) is 60.5. The van der Waals surface area contributed by atoms with Crippen LogP contribution in [0.15, 0.2) is 182 Å². The Kier molecular flexibility index (Phi) is 16.1. The third-order valence-electron chi connectivity index (χ3n) is 11.1. The van der Waals surface area contributed by atoms with Gasteiger partial charge >= 0.3 is 0 Å². The van der Waals surface area contributed by atoms with E-state index < -0.39 is 55.3 Å². The number of hydrogen-bond donors (Lipinski definition) is 0. The van der Waals surface area contributed by atoms with Crippen molar-refractivity contribution in [2.45, 2.75) is 102 Å². The number of hydrogen-bond acceptors (Lipinski definition) is 9. The lowest BCUT2D eigenvalue weighted by Crippen LogP contribution is -2.63. The van der Waals surface area contributed by atoms with Crippen LogP contribution in [0.3, 0.4) is 0 Å². The van der Waals surface area contributed by atoms with Gasteiger partial charge in [-0.25, -0.2) is 0 Å². The Balaban J connectivity index is 1.10. The molecule has 322 valence electrons. The van der Waals surface area contributed by atoms with E-state index >= 15 is 0 Å². The minimum Gasteiger partial charge on any atom is -0.368 e. The van der Waals surface area contributed by atoms with Crippen LogP contribution >= 0.6 is 0 Å². The molecule has 9 heteroatoms. The van der Waals surface area contributed by atoms with E-state index in [1.165, 1.54) is 0 Å². The molecule has 0 unspecified atom stereocenters. The zero-order chi connectivity index (χ0) is 42.2. The van der Waals surface area contributed by atoms with Crippen LogP contribution in [0.1, 0.15) is 40.3 Å². The zero-order valence-electron chi connectivity index (χ0n) is 35.1. The highest BCUT2D eigenvalue weighted by Gasteiger charge is 2.51. The highest BCUT2D eigenvalue weighted by molar-refractivity contribution is 5.18. The van der Waals surface area contributed by atoms with E-state index in [1.54, 1.807) is 0 Å². The Bertz CT molecular complexity index is 2130. The van der Waals surface area contributed by atoms with Crippen LogP contribution in [-0.2, 0) is 82.3 Å². The normalized spacial score (nSPS) is 25.0. The predicted octanol–water partition coefficient (Wildman–Crippen LogP) is 9.62. The summed E-state index contributed by atoms with van der Waals surface area (Å²) in [7, 11) is 0. The van der Waals surface area contributed by atoms with Gasteiger partial charge < -0.3 is 42.6 Å². The summed E-state index contributed by atoms with van der Waals surface area (Å²) >= 11 is 0. The summed E-state index contributed by atoms with van der Waals surface area (Å²) in [6.45, 7) is 4.17. The van der Waals surface area contributed by atoms with Gasteiger partial charge in [-0.15, -0.1) is 0 Å². The summed E-state index contributed by atoms with van der Waals surface area (Å²) in [5.41, 5.74) is 6.14. The molecule has 0 radical (unpaired) electrons. The fraction of sp³-hybridized carbons (Fsp3) is 0.321. The third-order valence-corrected chi connectivity index (χ3v) is 11.1. The Hall–Kier alpha value is -5.04. The molecule has 0 aliphatic carbocycles. The standard InChI is InChI=1S/C53H56O9/c1-39-47(55-33-41-22-10-3-11-23-41)49(57-35-43-26-14-5-15-27-43)51(59-37-45-30-18-7-19-31-45)53(61-39)62-52-50(58-36-44-28-16-6-17-29-44)48(56-34-42-24-12-4-13-25-42)46(38-60-52)54-32-40-20-8-2-9-21-40/h2-31,39,46-53H,32-38H2,1H3/t39-,46+,47-,48-,49+,50+,51+,52+,53-/m0/s1. The summed E-state index contributed by atoms with van der Waals surface area (Å²) in [6.07, 6.45) is -6.00. The highest BCUT2D eigenvalue weighted by Crippen LogP contribution is 2.35. The Morgan fingerprint density at radius 1 is 0.355 bits per heavy atom. The van der Waals surface area contributed by atoms with Gasteiger partial charge in [-0.1, -0.05) is 182 Å². The topological polar surface area (TPSA) is 83.1 Å². The lowest BCUT2D eigenvalue weighted by atomic mass is 9.98. The molecule has 2 saturated heterocycles. The second kappa shape index (κ2) is 22.9. The van der Waals surface area contributed by atoms with Crippen LogP contribution in [0.2, 0.25) is 0 Å². The largest absolute Gasteiger partial charge is 0.368 e. The molecule has 2 aliphatic heterocycles. The van der Waals surface area contributed by atoms with Crippen LogP contribution in [-0.4, -0.2) is 61.9 Å². The number of rotatable bonds is 20. The predicted molar refractivity (Wildman–Crippen MR) is 235 cm³/mol. The fourth-order valence-corrected chi connectivity index (χ4v) is 7.80. The average Bonchev–Trinajstić information content (AvgIpc) is 3.33. The maximum atomic E-state index is 7.03. The van der Waals surface area contributed by atoms with Crippen LogP contribution in [0.4, 0.5) is 0 Å². The SMILES string of the molecule is C[C@@H]1O[C@@H](O[C@H]2OC[C@@H](OCc3ccccc3)[C@H](OCc3ccccc3)[C@H]2OCc2ccccc2)[C@H](OCc2ccccc2)[C@H](OCc2ccccc2)[C@H]1OCc1ccccc1. The van der Waals surface area contributed by atoms with Gasteiger partial charge in [0.25, 0.3) is 0 Å². The molecule has 8 rings (SSSR count). The monoisotopic (exact) mass is 836 g/mol. The van der Waals surface area contributed by atoms with Crippen molar-refractivity contribution in [2.24, 2.45) is 0 Å². The maximum absolute atomic E-state index is 7.03. The molecular formula is C53H56O9. The van der Waals surface area contributed by atoms with E-state index in [2.05, 4.69) is 0 Å². The van der Waals surface area contributed by atoms with Crippen molar-refractivity contribution in [3.05, 3.63) is 215 Å². The van der Waals surface area contributed by atoms with Gasteiger partial charge in [0.1, 0.15) is 36.6 Å². The first kappa shape index (κ1) is 43.6. The van der Waals surface area contributed by atoms with Crippen molar-refractivity contribution >= 4 is 0 Å². The molecule has 0 bridgehead atoms. The molecule has 6 aromatic carbocycles. The van der Waals surface area contributed by atoms with Crippen molar-refractivity contribution < 1.29 is 42.6 Å². The van der Waals surface area contributed by atoms with Gasteiger partial charge in [0.05, 0.1) is 52.4 Å². The lowest BCUT2D eigenvalue weighted by molar-refractivity contribution is -0.380. The molecule has 2 heterocycles. The van der Waals surface area contributed by atoms with Gasteiger partial charge in [0.15, 0.2) is 12.6 Å².